The van der Waals surface area contributed by atoms with E-state index in [9.17, 15) is 23.1 Å². The molecule has 5 aromatic rings. The number of nitrogens with one attached hydrogen (secondary N) is 2. The lowest BCUT2D eigenvalue weighted by atomic mass is 10.0. The van der Waals surface area contributed by atoms with Gasteiger partial charge in [-0.05, 0) is 60.9 Å². The van der Waals surface area contributed by atoms with Crippen LogP contribution < -0.4 is 10.6 Å². The molecular formula is C31H33N7O5S. The van der Waals surface area contributed by atoms with E-state index in [1.807, 2.05) is 13.8 Å². The zero-order chi connectivity index (χ0) is 31.4. The number of carbonyl (C=O) groups is 2. The Balaban J connectivity index is 1.40. The maximum Gasteiger partial charge on any atom is 0.270 e. The van der Waals surface area contributed by atoms with Gasteiger partial charge in [-0.3, -0.25) is 19.0 Å². The van der Waals surface area contributed by atoms with E-state index in [2.05, 4.69) is 20.7 Å². The van der Waals surface area contributed by atoms with Crippen LogP contribution >= 0.6 is 0 Å². The van der Waals surface area contributed by atoms with Crippen molar-refractivity contribution in [2.45, 2.75) is 37.8 Å². The summed E-state index contributed by atoms with van der Waals surface area (Å²) in [6, 6.07) is 14.5. The number of hydrogen-bond donors (Lipinski definition) is 3. The Hall–Kier alpha value is -4.88. The summed E-state index contributed by atoms with van der Waals surface area (Å²) < 4.78 is 26.6. The molecule has 0 saturated heterocycles. The first-order valence-corrected chi connectivity index (χ1v) is 15.9. The van der Waals surface area contributed by atoms with Crippen molar-refractivity contribution in [3.8, 4) is 17.1 Å². The molecule has 2 amide bonds. The number of pyridine rings is 2. The van der Waals surface area contributed by atoms with Gasteiger partial charge in [-0.15, -0.1) is 0 Å². The summed E-state index contributed by atoms with van der Waals surface area (Å²) >= 11 is 0. The van der Waals surface area contributed by atoms with Gasteiger partial charge in [0.25, 0.3) is 11.8 Å². The number of hydrogen-bond acceptors (Lipinski definition) is 8. The van der Waals surface area contributed by atoms with Gasteiger partial charge in [-0.2, -0.15) is 5.10 Å². The van der Waals surface area contributed by atoms with E-state index in [1.165, 1.54) is 12.1 Å². The van der Waals surface area contributed by atoms with E-state index < -0.39 is 27.7 Å². The molecule has 5 rings (SSSR count). The molecule has 0 saturated carbocycles. The normalized spacial score (nSPS) is 12.4. The van der Waals surface area contributed by atoms with E-state index in [-0.39, 0.29) is 40.9 Å². The number of aliphatic hydroxyl groups is 1. The lowest BCUT2D eigenvalue weighted by molar-refractivity contribution is 0.0901. The topological polar surface area (TPSA) is 161 Å². The first-order chi connectivity index (χ1) is 21.0. The molecule has 0 radical (unpaired) electrons. The van der Waals surface area contributed by atoms with E-state index in [0.29, 0.717) is 23.5 Å². The van der Waals surface area contributed by atoms with Crippen molar-refractivity contribution in [1.29, 1.82) is 0 Å². The number of imidazole rings is 1. The number of sulfone groups is 1. The van der Waals surface area contributed by atoms with Crippen molar-refractivity contribution in [2.75, 3.05) is 12.9 Å². The van der Waals surface area contributed by atoms with Crippen LogP contribution in [0.25, 0.3) is 22.7 Å². The molecule has 1 aromatic carbocycles. The number of benzene rings is 1. The van der Waals surface area contributed by atoms with Crippen LogP contribution in [0.4, 0.5) is 0 Å². The largest absolute Gasteiger partial charge is 0.394 e. The summed E-state index contributed by atoms with van der Waals surface area (Å²) in [7, 11) is -3.31. The van der Waals surface area contributed by atoms with Crippen LogP contribution in [0.5, 0.6) is 0 Å². The Bertz CT molecular complexity index is 1900. The fourth-order valence-electron chi connectivity index (χ4n) is 4.86. The molecule has 4 aromatic heterocycles. The number of rotatable bonds is 11. The average molecular weight is 616 g/mol. The van der Waals surface area contributed by atoms with Gasteiger partial charge in [0, 0.05) is 37.0 Å². The highest BCUT2D eigenvalue weighted by Crippen LogP contribution is 2.25. The summed E-state index contributed by atoms with van der Waals surface area (Å²) in [6.07, 6.45) is 8.35. The van der Waals surface area contributed by atoms with Crippen molar-refractivity contribution in [3.05, 3.63) is 96.2 Å². The number of fused-ring (bicyclic) bond motifs is 1. The lowest BCUT2D eigenvalue weighted by Crippen LogP contribution is -2.39. The third kappa shape index (κ3) is 6.68. The zero-order valence-electron chi connectivity index (χ0n) is 24.5. The van der Waals surface area contributed by atoms with Crippen molar-refractivity contribution in [2.24, 2.45) is 5.92 Å². The fraction of sp³-hybridized carbons (Fsp3) is 0.258. The molecule has 0 aliphatic heterocycles. The molecule has 3 N–H and O–H groups in total. The molecule has 4 heterocycles. The highest BCUT2D eigenvalue weighted by Gasteiger charge is 2.26. The third-order valence-electron chi connectivity index (χ3n) is 6.95. The molecule has 0 fully saturated rings. The van der Waals surface area contributed by atoms with Gasteiger partial charge in [0.15, 0.2) is 15.5 Å². The molecular weight excluding hydrogens is 582 g/mol. The zero-order valence-corrected chi connectivity index (χ0v) is 25.3. The maximum absolute atomic E-state index is 13.6. The Morgan fingerprint density at radius 2 is 1.80 bits per heavy atom. The molecule has 13 heteroatoms. The summed E-state index contributed by atoms with van der Waals surface area (Å²) in [5.41, 5.74) is 2.91. The monoisotopic (exact) mass is 615 g/mol. The summed E-state index contributed by atoms with van der Waals surface area (Å²) in [5.74, 6) is -0.585. The Morgan fingerprint density at radius 3 is 2.45 bits per heavy atom. The summed E-state index contributed by atoms with van der Waals surface area (Å²) in [5, 5.41) is 20.0. The van der Waals surface area contributed by atoms with Crippen molar-refractivity contribution in [1.82, 2.24) is 34.8 Å². The van der Waals surface area contributed by atoms with Crippen LogP contribution in [0.15, 0.2) is 84.3 Å². The molecule has 0 aliphatic rings. The second-order valence-electron chi connectivity index (χ2n) is 10.9. The number of aliphatic hydroxyl groups excluding tert-OH is 1. The fourth-order valence-corrected chi connectivity index (χ4v) is 5.49. The molecule has 0 unspecified atom stereocenters. The van der Waals surface area contributed by atoms with Crippen LogP contribution in [0.1, 0.15) is 46.7 Å². The van der Waals surface area contributed by atoms with E-state index in [4.69, 9.17) is 4.98 Å². The number of carbonyl (C=O) groups excluding carboxylic acids is 2. The van der Waals surface area contributed by atoms with E-state index in [0.717, 1.165) is 11.8 Å². The standard InChI is InChI=1S/C31H33N7O5S/c1-20(2)15-22(19-39)35-31(41)28-27(26-8-4-5-13-32-26)36-29-25(7-6-14-37(28)29)30(40)33-16-21-17-34-38(18-21)23-9-11-24(12-10-23)44(3,42)43/h4-14,17-18,20,22,39H,15-16,19H2,1-3H3,(H,33,40)(H,35,41)/t22-/m0/s1. The van der Waals surface area contributed by atoms with Gasteiger partial charge in [0.2, 0.25) is 0 Å². The van der Waals surface area contributed by atoms with Crippen LogP contribution in [-0.2, 0) is 16.4 Å². The predicted molar refractivity (Wildman–Crippen MR) is 164 cm³/mol. The first kappa shape index (κ1) is 30.6. The summed E-state index contributed by atoms with van der Waals surface area (Å²) in [4.78, 5) is 36.3. The third-order valence-corrected chi connectivity index (χ3v) is 8.08. The van der Waals surface area contributed by atoms with Crippen molar-refractivity contribution in [3.63, 3.8) is 0 Å². The minimum Gasteiger partial charge on any atom is -0.394 e. The Labute approximate surface area is 254 Å². The quantitative estimate of drug-likeness (QED) is 0.204. The smallest absolute Gasteiger partial charge is 0.270 e. The van der Waals surface area contributed by atoms with Gasteiger partial charge < -0.3 is 15.7 Å². The number of amides is 2. The van der Waals surface area contributed by atoms with Crippen molar-refractivity contribution >= 4 is 27.3 Å². The van der Waals surface area contributed by atoms with Gasteiger partial charge in [-0.25, -0.2) is 18.1 Å². The SMILES string of the molecule is CC(C)C[C@@H](CO)NC(=O)c1c(-c2ccccn2)nc2c(C(=O)NCc3cnn(-c4ccc(S(C)(=O)=O)cc4)c3)cccn12. The van der Waals surface area contributed by atoms with Crippen LogP contribution in [-0.4, -0.2) is 68.4 Å². The van der Waals surface area contributed by atoms with Gasteiger partial charge in [0.05, 0.1) is 40.7 Å². The molecule has 228 valence electrons. The molecule has 12 nitrogen and oxygen atoms in total. The Kier molecular flexibility index (Phi) is 8.88. The molecule has 1 atom stereocenters. The second kappa shape index (κ2) is 12.8. The highest BCUT2D eigenvalue weighted by atomic mass is 32.2. The van der Waals surface area contributed by atoms with E-state index in [1.54, 1.807) is 76.3 Å². The minimum atomic E-state index is -3.31. The minimum absolute atomic E-state index is 0.163. The van der Waals surface area contributed by atoms with Crippen LogP contribution in [0.2, 0.25) is 0 Å². The molecule has 0 aliphatic carbocycles. The Morgan fingerprint density at radius 1 is 1.02 bits per heavy atom. The van der Waals surface area contributed by atoms with Crippen LogP contribution in [0, 0.1) is 5.92 Å². The van der Waals surface area contributed by atoms with Crippen molar-refractivity contribution < 1.29 is 23.1 Å². The predicted octanol–water partition coefficient (Wildman–Crippen LogP) is 3.05. The number of nitrogens with zero attached hydrogens (tertiary/aromatic N) is 5. The average Bonchev–Trinajstić information content (AvgIpc) is 3.64. The molecule has 0 bridgehead atoms. The van der Waals surface area contributed by atoms with Gasteiger partial charge in [0.1, 0.15) is 11.4 Å². The second-order valence-corrected chi connectivity index (χ2v) is 12.9. The highest BCUT2D eigenvalue weighted by molar-refractivity contribution is 7.90. The van der Waals surface area contributed by atoms with Gasteiger partial charge in [-0.1, -0.05) is 19.9 Å². The lowest BCUT2D eigenvalue weighted by Gasteiger charge is -2.18. The maximum atomic E-state index is 13.6. The van der Waals surface area contributed by atoms with E-state index >= 15 is 0 Å². The number of aromatic nitrogens is 5. The van der Waals surface area contributed by atoms with Crippen LogP contribution in [0.3, 0.4) is 0 Å². The summed E-state index contributed by atoms with van der Waals surface area (Å²) in [6.45, 7) is 3.97. The molecule has 44 heavy (non-hydrogen) atoms. The first-order valence-electron chi connectivity index (χ1n) is 14.0. The van der Waals surface area contributed by atoms with Gasteiger partial charge >= 0.3 is 0 Å². The molecule has 0 spiro atoms.